The third-order valence-corrected chi connectivity index (χ3v) is 10.6. The number of amides is 3. The number of carbonyl (C=O) groups excluding carboxylic acids is 2. The minimum Gasteiger partial charge on any atom is -0.490 e. The highest BCUT2D eigenvalue weighted by Crippen LogP contribution is 2.34. The van der Waals surface area contributed by atoms with Crippen LogP contribution in [-0.4, -0.2) is 98.8 Å². The van der Waals surface area contributed by atoms with Crippen LogP contribution >= 0.6 is 0 Å². The van der Waals surface area contributed by atoms with E-state index >= 15 is 0 Å². The van der Waals surface area contributed by atoms with Crippen molar-refractivity contribution >= 4 is 33.3 Å². The smallest absolute Gasteiger partial charge is 0.321 e. The number of urea groups is 1. The number of hydrogen-bond donors (Lipinski definition) is 3. The summed E-state index contributed by atoms with van der Waals surface area (Å²) in [5.74, 6) is 0.826. The average Bonchev–Trinajstić information content (AvgIpc) is 3.70. The monoisotopic (exact) mass is 729 g/mol. The van der Waals surface area contributed by atoms with Crippen LogP contribution in [0.1, 0.15) is 61.8 Å². The Bertz CT molecular complexity index is 1800. The van der Waals surface area contributed by atoms with Crippen LogP contribution in [0.2, 0.25) is 0 Å². The summed E-state index contributed by atoms with van der Waals surface area (Å²) in [4.78, 5) is 30.7. The van der Waals surface area contributed by atoms with E-state index in [9.17, 15) is 23.1 Å². The highest BCUT2D eigenvalue weighted by atomic mass is 32.2. The number of likely N-dealkylation sites (N-methyl/N-ethyl adjacent to an activating group) is 1. The molecule has 3 amide bonds. The van der Waals surface area contributed by atoms with Gasteiger partial charge in [-0.05, 0) is 77.3 Å². The Morgan fingerprint density at radius 2 is 1.80 bits per heavy atom. The van der Waals surface area contributed by atoms with Crippen molar-refractivity contribution in [3.63, 3.8) is 0 Å². The SMILES string of the molecule is Cc1noc(C)c1S(=O)(=O)Nc1ccc2c(c1)C(=O)N([C@@H](C)CO)C[C@@H](C)[C@H](CN(C)C(=O)Nc1ccc3c(c1)OCO3)OCCCC[C@@H](C)O2. The zero-order chi connectivity index (χ0) is 36.9. The number of sulfonamides is 1. The molecule has 3 heterocycles. The molecular weight excluding hydrogens is 682 g/mol. The Kier molecular flexibility index (Phi) is 12.0. The largest absolute Gasteiger partial charge is 0.490 e. The number of anilines is 2. The van der Waals surface area contributed by atoms with Gasteiger partial charge in [0.25, 0.3) is 15.9 Å². The maximum Gasteiger partial charge on any atom is 0.321 e. The lowest BCUT2D eigenvalue weighted by molar-refractivity contribution is -0.0115. The van der Waals surface area contributed by atoms with Crippen molar-refractivity contribution in [2.75, 3.05) is 50.2 Å². The van der Waals surface area contributed by atoms with E-state index in [1.165, 1.54) is 35.8 Å². The predicted octanol–water partition coefficient (Wildman–Crippen LogP) is 4.78. The fourth-order valence-corrected chi connectivity index (χ4v) is 7.44. The average molecular weight is 730 g/mol. The van der Waals surface area contributed by atoms with Crippen molar-refractivity contribution < 1.29 is 46.6 Å². The molecule has 0 spiro atoms. The number of aliphatic hydroxyl groups excluding tert-OH is 1. The van der Waals surface area contributed by atoms with Crippen molar-refractivity contribution in [2.45, 2.75) is 77.0 Å². The number of aliphatic hydroxyl groups is 1. The fourth-order valence-electron chi connectivity index (χ4n) is 6.06. The molecule has 15 nitrogen and oxygen atoms in total. The van der Waals surface area contributed by atoms with Crippen LogP contribution in [0, 0.1) is 19.8 Å². The van der Waals surface area contributed by atoms with Crippen LogP contribution in [0.3, 0.4) is 0 Å². The fraction of sp³-hybridized carbons (Fsp3) is 0.514. The zero-order valence-corrected chi connectivity index (χ0v) is 30.6. The second kappa shape index (κ2) is 16.2. The Hall–Kier alpha value is -4.54. The summed E-state index contributed by atoms with van der Waals surface area (Å²) in [6.07, 6.45) is 1.47. The molecule has 2 aromatic carbocycles. The lowest BCUT2D eigenvalue weighted by Crippen LogP contribution is -2.48. The van der Waals surface area contributed by atoms with Crippen molar-refractivity contribution in [3.8, 4) is 17.2 Å². The Morgan fingerprint density at radius 3 is 2.53 bits per heavy atom. The molecule has 0 saturated carbocycles. The Labute approximate surface area is 298 Å². The van der Waals surface area contributed by atoms with Crippen molar-refractivity contribution in [2.24, 2.45) is 5.92 Å². The van der Waals surface area contributed by atoms with Crippen molar-refractivity contribution in [1.82, 2.24) is 15.0 Å². The Balaban J connectivity index is 1.40. The quantitative estimate of drug-likeness (QED) is 0.290. The van der Waals surface area contributed by atoms with Crippen molar-refractivity contribution in [1.29, 1.82) is 0 Å². The lowest BCUT2D eigenvalue weighted by atomic mass is 10.0. The highest BCUT2D eigenvalue weighted by molar-refractivity contribution is 7.92. The van der Waals surface area contributed by atoms with E-state index in [-0.39, 0.29) is 72.1 Å². The van der Waals surface area contributed by atoms with E-state index in [0.717, 1.165) is 12.8 Å². The third kappa shape index (κ3) is 9.04. The zero-order valence-electron chi connectivity index (χ0n) is 29.8. The normalized spacial score (nSPS) is 20.5. The number of hydrogen-bond acceptors (Lipinski definition) is 11. The summed E-state index contributed by atoms with van der Waals surface area (Å²) < 4.78 is 57.7. The third-order valence-electron chi connectivity index (χ3n) is 8.96. The molecular formula is C35H47N5O10S. The maximum absolute atomic E-state index is 14.4. The number of rotatable bonds is 8. The molecule has 16 heteroatoms. The molecule has 3 aromatic rings. The molecule has 2 aliphatic rings. The van der Waals surface area contributed by atoms with Crippen LogP contribution < -0.4 is 24.2 Å². The van der Waals surface area contributed by atoms with Crippen LogP contribution in [0.5, 0.6) is 17.2 Å². The van der Waals surface area contributed by atoms with Gasteiger partial charge in [-0.15, -0.1) is 0 Å². The van der Waals surface area contributed by atoms with Gasteiger partial charge in [-0.2, -0.15) is 0 Å². The molecule has 51 heavy (non-hydrogen) atoms. The van der Waals surface area contributed by atoms with Crippen LogP contribution in [0.25, 0.3) is 0 Å². The van der Waals surface area contributed by atoms with E-state index in [2.05, 4.69) is 15.2 Å². The number of benzene rings is 2. The van der Waals surface area contributed by atoms with Crippen molar-refractivity contribution in [3.05, 3.63) is 53.4 Å². The first-order chi connectivity index (χ1) is 24.3. The number of aryl methyl sites for hydroxylation is 2. The van der Waals surface area contributed by atoms with Gasteiger partial charge in [0.15, 0.2) is 22.2 Å². The summed E-state index contributed by atoms with van der Waals surface area (Å²) >= 11 is 0. The molecule has 3 N–H and O–H groups in total. The van der Waals surface area contributed by atoms with Crippen LogP contribution in [0.4, 0.5) is 16.2 Å². The maximum atomic E-state index is 14.4. The van der Waals surface area contributed by atoms with Gasteiger partial charge in [0.05, 0.1) is 30.4 Å². The first-order valence-electron chi connectivity index (χ1n) is 17.0. The summed E-state index contributed by atoms with van der Waals surface area (Å²) in [5.41, 5.74) is 1.02. The molecule has 5 rings (SSSR count). The number of ether oxygens (including phenoxy) is 4. The van der Waals surface area contributed by atoms with Crippen LogP contribution in [-0.2, 0) is 14.8 Å². The number of aromatic nitrogens is 1. The molecule has 4 atom stereocenters. The van der Waals surface area contributed by atoms with E-state index < -0.39 is 28.1 Å². The second-order valence-corrected chi connectivity index (χ2v) is 14.8. The Morgan fingerprint density at radius 1 is 1.08 bits per heavy atom. The molecule has 1 aromatic heterocycles. The predicted molar refractivity (Wildman–Crippen MR) is 188 cm³/mol. The second-order valence-electron chi connectivity index (χ2n) is 13.1. The minimum atomic E-state index is -4.10. The summed E-state index contributed by atoms with van der Waals surface area (Å²) in [7, 11) is -2.43. The molecule has 0 radical (unpaired) electrons. The number of nitrogens with zero attached hydrogens (tertiary/aromatic N) is 3. The van der Waals surface area contributed by atoms with Gasteiger partial charge in [-0.3, -0.25) is 9.52 Å². The highest BCUT2D eigenvalue weighted by Gasteiger charge is 2.32. The molecule has 0 saturated heterocycles. The minimum absolute atomic E-state index is 0.0799. The number of carbonyl (C=O) groups is 2. The molecule has 2 aliphatic heterocycles. The van der Waals surface area contributed by atoms with E-state index in [0.29, 0.717) is 36.0 Å². The van der Waals surface area contributed by atoms with E-state index in [1.807, 2.05) is 13.8 Å². The van der Waals surface area contributed by atoms with Gasteiger partial charge in [0.1, 0.15) is 11.4 Å². The summed E-state index contributed by atoms with van der Waals surface area (Å²) in [5, 5.41) is 16.9. The van der Waals surface area contributed by atoms with E-state index in [1.54, 1.807) is 38.2 Å². The van der Waals surface area contributed by atoms with Crippen LogP contribution in [0.15, 0.2) is 45.8 Å². The van der Waals surface area contributed by atoms with Gasteiger partial charge in [0.2, 0.25) is 6.79 Å². The lowest BCUT2D eigenvalue weighted by Gasteiger charge is -2.35. The van der Waals surface area contributed by atoms with Gasteiger partial charge < -0.3 is 43.7 Å². The topological polar surface area (TPSA) is 182 Å². The molecule has 0 unspecified atom stereocenters. The first kappa shape index (κ1) is 37.7. The number of fused-ring (bicyclic) bond motifs is 2. The molecule has 278 valence electrons. The molecule has 0 bridgehead atoms. The van der Waals surface area contributed by atoms with Gasteiger partial charge >= 0.3 is 6.03 Å². The number of nitrogens with one attached hydrogen (secondary N) is 2. The van der Waals surface area contributed by atoms with E-state index in [4.69, 9.17) is 23.5 Å². The van der Waals surface area contributed by atoms with Gasteiger partial charge in [-0.1, -0.05) is 12.1 Å². The standard InChI is InChI=1S/C35H47N5O10S/c1-21-17-40(22(2)19-41)34(42)28-15-27(38-51(44,45)33-24(4)37-50-25(33)5)11-12-29(28)49-23(3)9-7-8-14-46-32(21)18-39(6)35(43)36-26-10-13-30-31(16-26)48-20-47-30/h10-13,15-16,21-23,32,38,41H,7-9,14,17-20H2,1-6H3,(H,36,43)/t21-,22+,23-,32+/m1/s1. The molecule has 0 fully saturated rings. The molecule has 0 aliphatic carbocycles. The summed E-state index contributed by atoms with van der Waals surface area (Å²) in [6, 6.07) is 8.74. The van der Waals surface area contributed by atoms with Gasteiger partial charge in [-0.25, -0.2) is 13.2 Å². The first-order valence-corrected chi connectivity index (χ1v) is 18.5. The van der Waals surface area contributed by atoms with Gasteiger partial charge in [0, 0.05) is 50.1 Å². The summed E-state index contributed by atoms with van der Waals surface area (Å²) in [6.45, 7) is 9.21.